The summed E-state index contributed by atoms with van der Waals surface area (Å²) in [6.45, 7) is 19.5. The number of rotatable bonds is 7. The van der Waals surface area contributed by atoms with E-state index in [2.05, 4.69) is 37.2 Å². The van der Waals surface area contributed by atoms with Crippen molar-refractivity contribution in [3.05, 3.63) is 75.9 Å². The van der Waals surface area contributed by atoms with Crippen molar-refractivity contribution in [2.75, 3.05) is 36.8 Å². The minimum Gasteiger partial charge on any atom is -0.478 e. The van der Waals surface area contributed by atoms with Crippen LogP contribution in [0.25, 0.3) is 44.0 Å². The third-order valence-electron chi connectivity index (χ3n) is 7.34. The zero-order valence-electron chi connectivity index (χ0n) is 26.6. The lowest BCUT2D eigenvalue weighted by Gasteiger charge is -2.22. The maximum absolute atomic E-state index is 13.6. The minimum absolute atomic E-state index is 0.00648. The maximum Gasteiger partial charge on any atom is 0.348 e. The Morgan fingerprint density at radius 1 is 0.837 bits per heavy atom. The molecule has 0 spiro atoms. The summed E-state index contributed by atoms with van der Waals surface area (Å²) in [5.41, 5.74) is 8.72. The van der Waals surface area contributed by atoms with Crippen molar-refractivity contribution in [1.82, 2.24) is 4.58 Å². The largest absolute Gasteiger partial charge is 0.478 e. The Bertz CT molecular complexity index is 1880. The van der Waals surface area contributed by atoms with Gasteiger partial charge in [0.1, 0.15) is 29.6 Å². The highest BCUT2D eigenvalue weighted by atomic mass is 16.4. The fourth-order valence-electron chi connectivity index (χ4n) is 5.34. The molecule has 0 amide bonds. The van der Waals surface area contributed by atoms with E-state index in [-0.39, 0.29) is 10.9 Å². The SMILES string of the molecule is CC.CC.CCN(CC)c1ccc2c(-c3ccc(N)cc3C(=O)O)c3c(=O)oc4cc(=[N+](CC)CC)ccc4c3oc2c1. The Morgan fingerprint density at radius 3 is 2.07 bits per heavy atom. The van der Waals surface area contributed by atoms with Crippen LogP contribution in [-0.2, 0) is 0 Å². The Balaban J connectivity index is 0.00000121. The molecule has 3 N–H and O–H groups in total. The summed E-state index contributed by atoms with van der Waals surface area (Å²) in [5, 5.41) is 12.4. The van der Waals surface area contributed by atoms with Gasteiger partial charge in [-0.2, -0.15) is 0 Å². The predicted octanol–water partition coefficient (Wildman–Crippen LogP) is 7.35. The quantitative estimate of drug-likeness (QED) is 0.0674. The zero-order chi connectivity index (χ0) is 31.8. The number of fused-ring (bicyclic) bond motifs is 4. The smallest absolute Gasteiger partial charge is 0.348 e. The Hall–Kier alpha value is -4.59. The summed E-state index contributed by atoms with van der Waals surface area (Å²) in [6, 6.07) is 16.2. The molecule has 0 bridgehead atoms. The van der Waals surface area contributed by atoms with Crippen molar-refractivity contribution < 1.29 is 18.7 Å². The molecule has 43 heavy (non-hydrogen) atoms. The van der Waals surface area contributed by atoms with Crippen LogP contribution in [0, 0.1) is 0 Å². The van der Waals surface area contributed by atoms with E-state index in [1.54, 1.807) is 12.1 Å². The number of hydrogen-bond donors (Lipinski definition) is 2. The van der Waals surface area contributed by atoms with Crippen LogP contribution in [0.4, 0.5) is 11.4 Å². The van der Waals surface area contributed by atoms with E-state index in [0.29, 0.717) is 44.3 Å². The van der Waals surface area contributed by atoms with Gasteiger partial charge in [-0.15, -0.1) is 0 Å². The first-order valence-electron chi connectivity index (χ1n) is 15.2. The molecule has 0 radical (unpaired) electrons. The van der Waals surface area contributed by atoms with Crippen LogP contribution in [0.3, 0.4) is 0 Å². The van der Waals surface area contributed by atoms with E-state index in [4.69, 9.17) is 14.6 Å². The number of nitrogens with zero attached hydrogens (tertiary/aromatic N) is 2. The van der Waals surface area contributed by atoms with Crippen LogP contribution in [0.5, 0.6) is 0 Å². The molecule has 0 saturated carbocycles. The number of carboxylic acid groups (broad SMARTS) is 1. The molecule has 5 rings (SSSR count). The molecule has 0 fully saturated rings. The van der Waals surface area contributed by atoms with E-state index in [0.717, 1.165) is 37.2 Å². The van der Waals surface area contributed by atoms with E-state index >= 15 is 0 Å². The molecule has 8 nitrogen and oxygen atoms in total. The number of nitrogens with two attached hydrogens (primary N) is 1. The molecular weight excluding hydrogens is 542 g/mol. The molecule has 0 unspecified atom stereocenters. The lowest BCUT2D eigenvalue weighted by Crippen LogP contribution is -2.29. The van der Waals surface area contributed by atoms with Gasteiger partial charge in [0.2, 0.25) is 5.36 Å². The third-order valence-corrected chi connectivity index (χ3v) is 7.34. The fraction of sp³-hybridized carbons (Fsp3) is 0.343. The van der Waals surface area contributed by atoms with Gasteiger partial charge in [0.15, 0.2) is 5.58 Å². The fourth-order valence-corrected chi connectivity index (χ4v) is 5.34. The third kappa shape index (κ3) is 6.28. The van der Waals surface area contributed by atoms with Crippen LogP contribution in [0.1, 0.15) is 65.7 Å². The Labute approximate surface area is 252 Å². The van der Waals surface area contributed by atoms with Gasteiger partial charge in [-0.3, -0.25) is 0 Å². The van der Waals surface area contributed by atoms with Gasteiger partial charge in [0.05, 0.1) is 17.0 Å². The van der Waals surface area contributed by atoms with Crippen LogP contribution in [0.15, 0.2) is 68.2 Å². The van der Waals surface area contributed by atoms with E-state index in [1.807, 2.05) is 64.1 Å². The molecule has 2 heterocycles. The first-order chi connectivity index (χ1) is 20.8. The monoisotopic (exact) mass is 586 g/mol. The number of carboxylic acids is 1. The first-order valence-corrected chi connectivity index (χ1v) is 15.2. The molecular formula is C35H44N3O5+. The molecule has 2 aromatic heterocycles. The Morgan fingerprint density at radius 2 is 1.47 bits per heavy atom. The highest BCUT2D eigenvalue weighted by Gasteiger charge is 2.23. The zero-order valence-corrected chi connectivity index (χ0v) is 26.6. The first kappa shape index (κ1) is 32.9. The summed E-state index contributed by atoms with van der Waals surface area (Å²) in [7, 11) is 0. The molecule has 228 valence electrons. The van der Waals surface area contributed by atoms with Gasteiger partial charge in [-0.25, -0.2) is 14.2 Å². The topological polar surface area (TPSA) is 113 Å². The lowest BCUT2D eigenvalue weighted by atomic mass is 9.93. The van der Waals surface area contributed by atoms with Crippen molar-refractivity contribution in [2.24, 2.45) is 0 Å². The highest BCUT2D eigenvalue weighted by molar-refractivity contribution is 6.16. The lowest BCUT2D eigenvalue weighted by molar-refractivity contribution is 0.0697. The van der Waals surface area contributed by atoms with E-state index in [9.17, 15) is 14.7 Å². The summed E-state index contributed by atoms with van der Waals surface area (Å²) < 4.78 is 14.5. The van der Waals surface area contributed by atoms with Crippen LogP contribution in [0.2, 0.25) is 0 Å². The Kier molecular flexibility index (Phi) is 11.1. The summed E-state index contributed by atoms with van der Waals surface area (Å²) in [6.07, 6.45) is 0. The minimum atomic E-state index is -1.15. The molecule has 0 aliphatic rings. The number of anilines is 2. The summed E-state index contributed by atoms with van der Waals surface area (Å²) in [5.74, 6) is -1.15. The van der Waals surface area contributed by atoms with Gasteiger partial charge in [-0.05, 0) is 63.6 Å². The number of carbonyl (C=O) groups is 1. The molecule has 0 saturated heterocycles. The standard InChI is InChI=1S/C31H31N3O5.2C2H6/c1-5-33(6-2)19-10-13-22-25(16-19)38-29-23-14-11-20(34(7-3)8-4)17-26(23)39-31(37)28(29)27(22)21-12-9-18(32)15-24(21)30(35)36;2*1-2/h9-17,32H,5-8H2,1-4H3,(H,35,36);2*1-2H3/p+1. The number of aromatic carboxylic acids is 1. The second kappa shape index (κ2) is 14.5. The van der Waals surface area contributed by atoms with Gasteiger partial charge >= 0.3 is 11.6 Å². The maximum atomic E-state index is 13.6. The normalized spacial score (nSPS) is 10.6. The number of nitrogen functional groups attached to an aromatic ring is 1. The number of hydrogen-bond acceptors (Lipinski definition) is 6. The summed E-state index contributed by atoms with van der Waals surface area (Å²) in [4.78, 5) is 28.1. The van der Waals surface area contributed by atoms with Crippen molar-refractivity contribution in [1.29, 1.82) is 0 Å². The summed E-state index contributed by atoms with van der Waals surface area (Å²) >= 11 is 0. The van der Waals surface area contributed by atoms with Crippen molar-refractivity contribution >= 4 is 50.3 Å². The van der Waals surface area contributed by atoms with Crippen molar-refractivity contribution in [2.45, 2.75) is 55.4 Å². The second-order valence-corrected chi connectivity index (χ2v) is 9.39. The molecule has 0 aliphatic carbocycles. The molecule has 5 aromatic rings. The van der Waals surface area contributed by atoms with E-state index in [1.165, 1.54) is 6.07 Å². The van der Waals surface area contributed by atoms with Gasteiger partial charge in [0, 0.05) is 47.5 Å². The van der Waals surface area contributed by atoms with Crippen molar-refractivity contribution in [3.63, 3.8) is 0 Å². The van der Waals surface area contributed by atoms with Gasteiger partial charge in [-0.1, -0.05) is 33.8 Å². The molecule has 3 aromatic carbocycles. The average molecular weight is 587 g/mol. The van der Waals surface area contributed by atoms with Crippen LogP contribution < -0.4 is 26.2 Å². The highest BCUT2D eigenvalue weighted by Crippen LogP contribution is 2.40. The van der Waals surface area contributed by atoms with Gasteiger partial charge in [0.25, 0.3) is 0 Å². The second-order valence-electron chi connectivity index (χ2n) is 9.39. The molecule has 0 atom stereocenters. The molecule has 8 heteroatoms. The molecule has 0 aliphatic heterocycles. The number of benzene rings is 3. The van der Waals surface area contributed by atoms with E-state index < -0.39 is 11.6 Å². The predicted molar refractivity (Wildman–Crippen MR) is 179 cm³/mol. The average Bonchev–Trinajstić information content (AvgIpc) is 3.03. The van der Waals surface area contributed by atoms with Gasteiger partial charge < -0.3 is 24.6 Å². The van der Waals surface area contributed by atoms with Crippen LogP contribution >= 0.6 is 0 Å². The van der Waals surface area contributed by atoms with Crippen LogP contribution in [-0.4, -0.2) is 37.3 Å². The van der Waals surface area contributed by atoms with Crippen molar-refractivity contribution in [3.8, 4) is 11.1 Å².